The lowest BCUT2D eigenvalue weighted by atomic mass is 9.93. The van der Waals surface area contributed by atoms with Gasteiger partial charge < -0.3 is 9.68 Å². The van der Waals surface area contributed by atoms with E-state index in [-0.39, 0.29) is 5.41 Å². The Hall–Kier alpha value is -0.700. The van der Waals surface area contributed by atoms with Crippen LogP contribution in [-0.4, -0.2) is 12.3 Å². The number of hydroxylamine groups is 2. The zero-order valence-electron chi connectivity index (χ0n) is 7.76. The minimum atomic E-state index is 0.0227. The van der Waals surface area contributed by atoms with E-state index in [1.165, 1.54) is 5.23 Å². The predicted molar refractivity (Wildman–Crippen MR) is 42.1 cm³/mol. The van der Waals surface area contributed by atoms with Crippen molar-refractivity contribution in [2.45, 2.75) is 27.7 Å². The van der Waals surface area contributed by atoms with Gasteiger partial charge in [-0.15, -0.1) is 0 Å². The van der Waals surface area contributed by atoms with Crippen molar-refractivity contribution in [3.63, 3.8) is 0 Å². The van der Waals surface area contributed by atoms with Crippen molar-refractivity contribution < 1.29 is 9.68 Å². The molecule has 0 saturated heterocycles. The lowest BCUT2D eigenvalue weighted by Crippen LogP contribution is -2.15. The predicted octanol–water partition coefficient (Wildman–Crippen LogP) is 2.07. The van der Waals surface area contributed by atoms with Crippen LogP contribution in [0.2, 0.25) is 0 Å². The normalized spacial score (nSPS) is 20.1. The van der Waals surface area contributed by atoms with Crippen LogP contribution in [0.1, 0.15) is 27.7 Å². The fraction of sp³-hybridized carbons (Fsp3) is 0.750. The first-order chi connectivity index (χ1) is 4.91. The van der Waals surface area contributed by atoms with Gasteiger partial charge in [-0.05, 0) is 6.92 Å². The van der Waals surface area contributed by atoms with Crippen molar-refractivity contribution in [1.29, 1.82) is 0 Å². The van der Waals surface area contributed by atoms with Crippen molar-refractivity contribution in [1.82, 2.24) is 5.23 Å². The molecule has 0 N–H and O–H groups in total. The topological polar surface area (TPSA) is 21.7 Å². The van der Waals surface area contributed by atoms with Gasteiger partial charge in [-0.3, -0.25) is 0 Å². The summed E-state index contributed by atoms with van der Waals surface area (Å²) in [4.78, 5) is 10.5. The van der Waals surface area contributed by atoms with Crippen LogP contribution in [0.4, 0.5) is 0 Å². The Morgan fingerprint density at radius 2 is 1.73 bits per heavy atom. The maximum atomic E-state index is 5.33. The van der Waals surface area contributed by atoms with Crippen LogP contribution in [0.3, 0.4) is 0 Å². The minimum Gasteiger partial charge on any atom is -0.373 e. The van der Waals surface area contributed by atoms with Gasteiger partial charge in [0.25, 0.3) is 0 Å². The first-order valence-electron chi connectivity index (χ1n) is 3.72. The lowest BCUT2D eigenvalue weighted by Gasteiger charge is -2.18. The van der Waals surface area contributed by atoms with E-state index in [0.29, 0.717) is 0 Å². The Labute approximate surface area is 67.5 Å². The van der Waals surface area contributed by atoms with Crippen LogP contribution in [0.15, 0.2) is 11.5 Å². The Kier molecular flexibility index (Phi) is 1.84. The molecule has 1 aliphatic rings. The summed E-state index contributed by atoms with van der Waals surface area (Å²) >= 11 is 0. The highest BCUT2D eigenvalue weighted by Gasteiger charge is 2.30. The van der Waals surface area contributed by atoms with Gasteiger partial charge in [-0.2, -0.15) is 0 Å². The van der Waals surface area contributed by atoms with Gasteiger partial charge in [0.05, 0.1) is 7.05 Å². The monoisotopic (exact) mass is 157 g/mol. The molecule has 1 aliphatic heterocycles. The van der Waals surface area contributed by atoms with E-state index in [2.05, 4.69) is 20.8 Å². The van der Waals surface area contributed by atoms with E-state index in [1.54, 1.807) is 7.05 Å². The third-order valence-electron chi connectivity index (χ3n) is 1.49. The van der Waals surface area contributed by atoms with Crippen LogP contribution in [0.5, 0.6) is 0 Å². The van der Waals surface area contributed by atoms with Gasteiger partial charge in [0.2, 0.25) is 0 Å². The second-order valence-electron chi connectivity index (χ2n) is 3.76. The van der Waals surface area contributed by atoms with Crippen molar-refractivity contribution >= 4 is 0 Å². The largest absolute Gasteiger partial charge is 0.373 e. The minimum absolute atomic E-state index is 0.0227. The van der Waals surface area contributed by atoms with E-state index in [1.807, 2.05) is 6.92 Å². The Balaban J connectivity index is 2.80. The molecule has 11 heavy (non-hydrogen) atoms. The molecule has 3 nitrogen and oxygen atoms in total. The summed E-state index contributed by atoms with van der Waals surface area (Å²) in [6, 6.07) is 0. The van der Waals surface area contributed by atoms with Gasteiger partial charge in [0.1, 0.15) is 0 Å². The van der Waals surface area contributed by atoms with E-state index in [4.69, 9.17) is 9.68 Å². The molecule has 1 rings (SSSR count). The van der Waals surface area contributed by atoms with E-state index in [0.717, 1.165) is 11.5 Å². The summed E-state index contributed by atoms with van der Waals surface area (Å²) in [5, 5.41) is 1.37. The highest BCUT2D eigenvalue weighted by Crippen LogP contribution is 2.33. The van der Waals surface area contributed by atoms with Gasteiger partial charge in [-0.25, -0.2) is 0 Å². The molecule has 0 radical (unpaired) electrons. The lowest BCUT2D eigenvalue weighted by molar-refractivity contribution is -0.280. The molecule has 0 saturated carbocycles. The van der Waals surface area contributed by atoms with Gasteiger partial charge >= 0.3 is 0 Å². The SMILES string of the molecule is CC1=C(C(C)(C)C)ON(C)O1. The number of hydrogen-bond acceptors (Lipinski definition) is 3. The summed E-state index contributed by atoms with van der Waals surface area (Å²) in [6.45, 7) is 8.18. The number of nitrogens with zero attached hydrogens (tertiary/aromatic N) is 1. The summed E-state index contributed by atoms with van der Waals surface area (Å²) < 4.78 is 0. The molecule has 0 aromatic carbocycles. The molecule has 0 aromatic heterocycles. The molecule has 1 heterocycles. The molecule has 0 aromatic rings. The molecule has 0 amide bonds. The van der Waals surface area contributed by atoms with Crippen LogP contribution < -0.4 is 0 Å². The molecule has 64 valence electrons. The summed E-state index contributed by atoms with van der Waals surface area (Å²) in [6.07, 6.45) is 0. The average Bonchev–Trinajstić information content (AvgIpc) is 2.08. The summed E-state index contributed by atoms with van der Waals surface area (Å²) in [5.74, 6) is 1.75. The van der Waals surface area contributed by atoms with Crippen molar-refractivity contribution in [3.8, 4) is 0 Å². The number of hydrogen-bond donors (Lipinski definition) is 0. The second kappa shape index (κ2) is 2.41. The molecular formula is C8H15NO2. The van der Waals surface area contributed by atoms with Crippen molar-refractivity contribution in [2.75, 3.05) is 7.05 Å². The van der Waals surface area contributed by atoms with Gasteiger partial charge in [0.15, 0.2) is 11.5 Å². The third-order valence-corrected chi connectivity index (χ3v) is 1.49. The van der Waals surface area contributed by atoms with E-state index >= 15 is 0 Å². The number of rotatable bonds is 0. The van der Waals surface area contributed by atoms with E-state index < -0.39 is 0 Å². The highest BCUT2D eigenvalue weighted by molar-refractivity contribution is 5.08. The van der Waals surface area contributed by atoms with Crippen LogP contribution in [-0.2, 0) is 9.68 Å². The first-order valence-corrected chi connectivity index (χ1v) is 3.72. The molecule has 0 fully saturated rings. The van der Waals surface area contributed by atoms with Crippen LogP contribution in [0.25, 0.3) is 0 Å². The smallest absolute Gasteiger partial charge is 0.173 e. The Morgan fingerprint density at radius 3 is 1.91 bits per heavy atom. The van der Waals surface area contributed by atoms with Crippen LogP contribution >= 0.6 is 0 Å². The van der Waals surface area contributed by atoms with Gasteiger partial charge in [0, 0.05) is 10.6 Å². The second-order valence-corrected chi connectivity index (χ2v) is 3.76. The third kappa shape index (κ3) is 1.66. The fourth-order valence-electron chi connectivity index (χ4n) is 1.11. The summed E-state index contributed by atoms with van der Waals surface area (Å²) in [7, 11) is 1.74. The molecule has 0 bridgehead atoms. The molecule has 3 heteroatoms. The maximum absolute atomic E-state index is 5.33. The Morgan fingerprint density at radius 1 is 1.18 bits per heavy atom. The van der Waals surface area contributed by atoms with Crippen LogP contribution in [0, 0.1) is 5.41 Å². The zero-order valence-corrected chi connectivity index (χ0v) is 7.76. The molecular weight excluding hydrogens is 142 g/mol. The quantitative estimate of drug-likeness (QED) is 0.537. The highest BCUT2D eigenvalue weighted by atomic mass is 17.0. The fourth-order valence-corrected chi connectivity index (χ4v) is 1.11. The molecule has 0 aliphatic carbocycles. The first kappa shape index (κ1) is 8.40. The van der Waals surface area contributed by atoms with E-state index in [9.17, 15) is 0 Å². The molecule has 0 atom stereocenters. The average molecular weight is 157 g/mol. The number of allylic oxidation sites excluding steroid dienone is 2. The molecule has 0 unspecified atom stereocenters. The Bertz CT molecular complexity index is 191. The van der Waals surface area contributed by atoms with Crippen molar-refractivity contribution in [2.24, 2.45) is 5.41 Å². The maximum Gasteiger partial charge on any atom is 0.173 e. The molecule has 0 spiro atoms. The summed E-state index contributed by atoms with van der Waals surface area (Å²) in [5.41, 5.74) is 0.0227. The van der Waals surface area contributed by atoms with Crippen molar-refractivity contribution in [3.05, 3.63) is 11.5 Å². The zero-order chi connectivity index (χ0) is 8.65. The standard InChI is InChI=1S/C8H15NO2/c1-6-7(8(2,3)4)11-9(5)10-6/h1-5H3. The van der Waals surface area contributed by atoms with Gasteiger partial charge in [-0.1, -0.05) is 20.8 Å².